The molecule has 1 unspecified atom stereocenters. The van der Waals surface area contributed by atoms with E-state index >= 15 is 0 Å². The Morgan fingerprint density at radius 3 is 2.81 bits per heavy atom. The zero-order valence-electron chi connectivity index (χ0n) is 11.6. The maximum atomic E-state index is 12.1. The number of hydrogen-bond donors (Lipinski definition) is 1. The molecule has 2 heterocycles. The van der Waals surface area contributed by atoms with Crippen molar-refractivity contribution in [3.63, 3.8) is 0 Å². The van der Waals surface area contributed by atoms with E-state index in [9.17, 15) is 9.90 Å². The summed E-state index contributed by atoms with van der Waals surface area (Å²) in [5.74, 6) is 0.456. The fourth-order valence-corrected chi connectivity index (χ4v) is 3.07. The van der Waals surface area contributed by atoms with Crippen LogP contribution in [0.4, 0.5) is 0 Å². The van der Waals surface area contributed by atoms with Crippen molar-refractivity contribution >= 4 is 21.7 Å². The van der Waals surface area contributed by atoms with E-state index in [1.165, 1.54) is 5.56 Å². The van der Waals surface area contributed by atoms with Gasteiger partial charge in [0, 0.05) is 5.39 Å². The highest BCUT2D eigenvalue weighted by Crippen LogP contribution is 2.39. The molecule has 4 heteroatoms. The molecule has 0 radical (unpaired) electrons. The molecule has 0 saturated carbocycles. The van der Waals surface area contributed by atoms with Crippen LogP contribution in [0.3, 0.4) is 0 Å². The zero-order chi connectivity index (χ0) is 14.6. The zero-order valence-corrected chi connectivity index (χ0v) is 11.6. The predicted octanol–water partition coefficient (Wildman–Crippen LogP) is 2.93. The van der Waals surface area contributed by atoms with Crippen molar-refractivity contribution in [2.24, 2.45) is 0 Å². The van der Waals surface area contributed by atoms with E-state index in [4.69, 9.17) is 9.15 Å². The summed E-state index contributed by atoms with van der Waals surface area (Å²) in [6, 6.07) is 9.89. The molecule has 4 nitrogen and oxygen atoms in total. The van der Waals surface area contributed by atoms with Gasteiger partial charge < -0.3 is 14.3 Å². The first-order valence-corrected chi connectivity index (χ1v) is 7.03. The van der Waals surface area contributed by atoms with Crippen LogP contribution < -0.4 is 10.4 Å². The van der Waals surface area contributed by atoms with Gasteiger partial charge in [0.1, 0.15) is 29.6 Å². The average Bonchev–Trinajstić information content (AvgIpc) is 2.89. The van der Waals surface area contributed by atoms with Gasteiger partial charge in [-0.1, -0.05) is 31.2 Å². The second-order valence-electron chi connectivity index (χ2n) is 5.27. The van der Waals surface area contributed by atoms with Gasteiger partial charge in [-0.15, -0.1) is 0 Å². The first kappa shape index (κ1) is 12.4. The largest absolute Gasteiger partial charge is 0.489 e. The van der Waals surface area contributed by atoms with Gasteiger partial charge in [0.25, 0.3) is 0 Å². The first-order chi connectivity index (χ1) is 10.2. The SMILES string of the molecule is CCc1cccc2c1ccc1c3c(c(=O)oc12)C(O)CO3. The van der Waals surface area contributed by atoms with Crippen molar-refractivity contribution in [3.8, 4) is 5.75 Å². The molecule has 1 N–H and O–H groups in total. The van der Waals surface area contributed by atoms with Crippen LogP contribution in [0.25, 0.3) is 21.7 Å². The van der Waals surface area contributed by atoms with Crippen molar-refractivity contribution in [1.29, 1.82) is 0 Å². The summed E-state index contributed by atoms with van der Waals surface area (Å²) in [6.45, 7) is 2.20. The minimum absolute atomic E-state index is 0.103. The summed E-state index contributed by atoms with van der Waals surface area (Å²) in [4.78, 5) is 12.1. The fraction of sp³-hybridized carbons (Fsp3) is 0.235. The lowest BCUT2D eigenvalue weighted by Gasteiger charge is -2.09. The molecule has 0 fully saturated rings. The second kappa shape index (κ2) is 4.33. The third kappa shape index (κ3) is 1.63. The van der Waals surface area contributed by atoms with E-state index in [1.54, 1.807) is 0 Å². The Morgan fingerprint density at radius 1 is 1.19 bits per heavy atom. The number of aryl methyl sites for hydroxylation is 1. The maximum Gasteiger partial charge on any atom is 0.346 e. The summed E-state index contributed by atoms with van der Waals surface area (Å²) in [6.07, 6.45) is 0.00562. The van der Waals surface area contributed by atoms with Crippen LogP contribution in [0.5, 0.6) is 5.75 Å². The van der Waals surface area contributed by atoms with E-state index in [0.717, 1.165) is 22.6 Å². The number of hydrogen-bond acceptors (Lipinski definition) is 4. The highest BCUT2D eigenvalue weighted by Gasteiger charge is 2.29. The molecule has 1 aliphatic rings. The second-order valence-corrected chi connectivity index (χ2v) is 5.27. The van der Waals surface area contributed by atoms with Gasteiger partial charge in [-0.2, -0.15) is 0 Å². The summed E-state index contributed by atoms with van der Waals surface area (Å²) >= 11 is 0. The Balaban J connectivity index is 2.19. The minimum Gasteiger partial charge on any atom is -0.489 e. The van der Waals surface area contributed by atoms with Gasteiger partial charge in [0.15, 0.2) is 0 Å². The number of rotatable bonds is 1. The smallest absolute Gasteiger partial charge is 0.346 e. The van der Waals surface area contributed by atoms with Crippen molar-refractivity contribution in [1.82, 2.24) is 0 Å². The molecule has 0 amide bonds. The monoisotopic (exact) mass is 282 g/mol. The molecular formula is C17H14O4. The van der Waals surface area contributed by atoms with Crippen LogP contribution in [-0.4, -0.2) is 11.7 Å². The predicted molar refractivity (Wildman–Crippen MR) is 79.8 cm³/mol. The van der Waals surface area contributed by atoms with Crippen molar-refractivity contribution < 1.29 is 14.3 Å². The molecule has 0 bridgehead atoms. The molecule has 4 rings (SSSR count). The summed E-state index contributed by atoms with van der Waals surface area (Å²) < 4.78 is 11.0. The summed E-state index contributed by atoms with van der Waals surface area (Å²) in [5, 5.41) is 12.5. The molecule has 1 aliphatic heterocycles. The van der Waals surface area contributed by atoms with E-state index in [0.29, 0.717) is 11.3 Å². The number of aliphatic hydroxyl groups excluding tert-OH is 1. The lowest BCUT2D eigenvalue weighted by molar-refractivity contribution is 0.139. The Bertz CT molecular complexity index is 923. The van der Waals surface area contributed by atoms with Gasteiger partial charge in [-0.25, -0.2) is 4.79 Å². The Kier molecular flexibility index (Phi) is 2.56. The topological polar surface area (TPSA) is 59.7 Å². The van der Waals surface area contributed by atoms with Gasteiger partial charge in [0.2, 0.25) is 0 Å². The van der Waals surface area contributed by atoms with Gasteiger partial charge in [0.05, 0.1) is 5.39 Å². The van der Waals surface area contributed by atoms with Gasteiger partial charge >= 0.3 is 5.63 Å². The lowest BCUT2D eigenvalue weighted by Crippen LogP contribution is -2.09. The fourth-order valence-electron chi connectivity index (χ4n) is 3.07. The number of ether oxygens (including phenoxy) is 1. The molecule has 21 heavy (non-hydrogen) atoms. The van der Waals surface area contributed by atoms with E-state index < -0.39 is 11.7 Å². The Hall–Kier alpha value is -2.33. The van der Waals surface area contributed by atoms with Gasteiger partial charge in [-0.3, -0.25) is 0 Å². The van der Waals surface area contributed by atoms with Crippen LogP contribution in [0.2, 0.25) is 0 Å². The molecule has 106 valence electrons. The Labute approximate surface area is 120 Å². The lowest BCUT2D eigenvalue weighted by atomic mass is 9.99. The highest BCUT2D eigenvalue weighted by atomic mass is 16.5. The maximum absolute atomic E-state index is 12.1. The van der Waals surface area contributed by atoms with Gasteiger partial charge in [-0.05, 0) is 23.4 Å². The van der Waals surface area contributed by atoms with E-state index in [1.807, 2.05) is 24.3 Å². The molecule has 0 spiro atoms. The molecule has 2 aromatic carbocycles. The van der Waals surface area contributed by atoms with E-state index in [-0.39, 0.29) is 12.2 Å². The third-order valence-electron chi connectivity index (χ3n) is 4.11. The number of fused-ring (bicyclic) bond motifs is 5. The summed E-state index contributed by atoms with van der Waals surface area (Å²) in [7, 11) is 0. The molecular weight excluding hydrogens is 268 g/mol. The molecule has 1 aromatic heterocycles. The van der Waals surface area contributed by atoms with Crippen LogP contribution >= 0.6 is 0 Å². The van der Waals surface area contributed by atoms with Crippen molar-refractivity contribution in [3.05, 3.63) is 51.9 Å². The third-order valence-corrected chi connectivity index (χ3v) is 4.11. The minimum atomic E-state index is -0.904. The van der Waals surface area contributed by atoms with Crippen LogP contribution in [0.1, 0.15) is 24.2 Å². The molecule has 0 aliphatic carbocycles. The highest BCUT2D eigenvalue weighted by molar-refractivity contribution is 6.07. The molecule has 0 saturated heterocycles. The quantitative estimate of drug-likeness (QED) is 0.550. The average molecular weight is 282 g/mol. The molecule has 3 aromatic rings. The van der Waals surface area contributed by atoms with Crippen LogP contribution in [0.15, 0.2) is 39.5 Å². The van der Waals surface area contributed by atoms with Crippen LogP contribution in [-0.2, 0) is 6.42 Å². The van der Waals surface area contributed by atoms with Crippen LogP contribution in [0, 0.1) is 0 Å². The number of benzene rings is 2. The summed E-state index contributed by atoms with van der Waals surface area (Å²) in [5.41, 5.74) is 1.45. The normalized spacial score (nSPS) is 17.1. The first-order valence-electron chi connectivity index (χ1n) is 7.03. The standard InChI is InChI=1S/C17H14O4/c1-2-9-4-3-5-11-10(9)6-7-12-15(11)21-17(19)14-13(18)8-20-16(12)14/h3-7,13,18H,2,8H2,1H3. The van der Waals surface area contributed by atoms with E-state index in [2.05, 4.69) is 13.0 Å². The Morgan fingerprint density at radius 2 is 2.00 bits per heavy atom. The molecule has 1 atom stereocenters. The number of aliphatic hydroxyl groups is 1. The van der Waals surface area contributed by atoms with Crippen molar-refractivity contribution in [2.45, 2.75) is 19.4 Å². The van der Waals surface area contributed by atoms with Crippen molar-refractivity contribution in [2.75, 3.05) is 6.61 Å².